The SMILES string of the molecule is Clc1ccc(-c2ccc(Cl)nc2-c2ccc(Cl)cc2Cl)cc1. The van der Waals surface area contributed by atoms with Crippen LogP contribution in [-0.4, -0.2) is 4.98 Å². The summed E-state index contributed by atoms with van der Waals surface area (Å²) in [5.41, 5.74) is 3.38. The first-order chi connectivity index (χ1) is 10.5. The fraction of sp³-hybridized carbons (Fsp3) is 0. The van der Waals surface area contributed by atoms with Crippen LogP contribution in [-0.2, 0) is 0 Å². The lowest BCUT2D eigenvalue weighted by atomic mass is 9.99. The molecule has 5 heteroatoms. The van der Waals surface area contributed by atoms with Gasteiger partial charge in [-0.3, -0.25) is 0 Å². The number of halogens is 4. The Morgan fingerprint density at radius 3 is 1.95 bits per heavy atom. The monoisotopic (exact) mass is 367 g/mol. The molecule has 0 N–H and O–H groups in total. The summed E-state index contributed by atoms with van der Waals surface area (Å²) < 4.78 is 0. The van der Waals surface area contributed by atoms with Gasteiger partial charge in [-0.2, -0.15) is 0 Å². The second-order valence-corrected chi connectivity index (χ2v) is 6.33. The van der Waals surface area contributed by atoms with Crippen LogP contribution < -0.4 is 0 Å². The van der Waals surface area contributed by atoms with Gasteiger partial charge in [-0.05, 0) is 48.0 Å². The molecule has 0 radical (unpaired) electrons. The maximum Gasteiger partial charge on any atom is 0.129 e. The lowest BCUT2D eigenvalue weighted by Gasteiger charge is -2.11. The molecule has 0 spiro atoms. The van der Waals surface area contributed by atoms with Crippen molar-refractivity contribution in [2.24, 2.45) is 0 Å². The second kappa shape index (κ2) is 6.47. The topological polar surface area (TPSA) is 12.9 Å². The average molecular weight is 369 g/mol. The molecule has 1 nitrogen and oxygen atoms in total. The molecule has 0 aliphatic carbocycles. The van der Waals surface area contributed by atoms with Crippen LogP contribution in [0.4, 0.5) is 0 Å². The van der Waals surface area contributed by atoms with Gasteiger partial charge in [0.05, 0.1) is 10.7 Å². The van der Waals surface area contributed by atoms with E-state index in [1.54, 1.807) is 18.2 Å². The summed E-state index contributed by atoms with van der Waals surface area (Å²) in [4.78, 5) is 4.44. The molecule has 3 rings (SSSR count). The molecule has 2 aromatic carbocycles. The minimum atomic E-state index is 0.402. The van der Waals surface area contributed by atoms with E-state index in [0.29, 0.717) is 25.9 Å². The Hall–Kier alpha value is -1.25. The normalized spacial score (nSPS) is 10.7. The van der Waals surface area contributed by atoms with Crippen molar-refractivity contribution < 1.29 is 0 Å². The molecular formula is C17H9Cl4N. The van der Waals surface area contributed by atoms with Crippen LogP contribution in [0, 0.1) is 0 Å². The van der Waals surface area contributed by atoms with Gasteiger partial charge in [0.1, 0.15) is 5.15 Å². The van der Waals surface area contributed by atoms with E-state index in [1.165, 1.54) is 0 Å². The number of rotatable bonds is 2. The molecule has 22 heavy (non-hydrogen) atoms. The van der Waals surface area contributed by atoms with E-state index in [4.69, 9.17) is 46.4 Å². The van der Waals surface area contributed by atoms with Crippen molar-refractivity contribution in [2.45, 2.75) is 0 Å². The standard InChI is InChI=1S/C17H9Cl4N/c18-11-3-1-10(2-4-11)13-7-8-16(21)22-17(13)14-6-5-12(19)9-15(14)20/h1-9H. The lowest BCUT2D eigenvalue weighted by molar-refractivity contribution is 1.32. The molecule has 0 unspecified atom stereocenters. The zero-order chi connectivity index (χ0) is 15.7. The van der Waals surface area contributed by atoms with Gasteiger partial charge < -0.3 is 0 Å². The van der Waals surface area contributed by atoms with Crippen LogP contribution in [0.15, 0.2) is 54.6 Å². The predicted molar refractivity (Wildman–Crippen MR) is 95.1 cm³/mol. The molecule has 3 aromatic rings. The van der Waals surface area contributed by atoms with E-state index in [2.05, 4.69) is 4.98 Å². The molecule has 0 bridgehead atoms. The highest BCUT2D eigenvalue weighted by molar-refractivity contribution is 6.36. The molecule has 0 saturated carbocycles. The molecule has 0 aliphatic heterocycles. The number of hydrogen-bond donors (Lipinski definition) is 0. The van der Waals surface area contributed by atoms with E-state index in [9.17, 15) is 0 Å². The second-order valence-electron chi connectivity index (χ2n) is 4.66. The number of benzene rings is 2. The van der Waals surface area contributed by atoms with Crippen LogP contribution in [0.2, 0.25) is 20.2 Å². The zero-order valence-electron chi connectivity index (χ0n) is 11.2. The van der Waals surface area contributed by atoms with Crippen molar-refractivity contribution in [3.63, 3.8) is 0 Å². The van der Waals surface area contributed by atoms with Crippen molar-refractivity contribution in [2.75, 3.05) is 0 Å². The third kappa shape index (κ3) is 3.23. The quantitative estimate of drug-likeness (QED) is 0.442. The van der Waals surface area contributed by atoms with Gasteiger partial charge in [0.2, 0.25) is 0 Å². The molecule has 0 atom stereocenters. The summed E-state index contributed by atoms with van der Waals surface area (Å²) in [6.07, 6.45) is 0. The van der Waals surface area contributed by atoms with E-state index in [1.807, 2.05) is 36.4 Å². The van der Waals surface area contributed by atoms with E-state index in [-0.39, 0.29) is 0 Å². The number of pyridine rings is 1. The van der Waals surface area contributed by atoms with Crippen LogP contribution in [0.1, 0.15) is 0 Å². The van der Waals surface area contributed by atoms with Crippen molar-refractivity contribution in [1.29, 1.82) is 0 Å². The molecule has 0 amide bonds. The first-order valence-corrected chi connectivity index (χ1v) is 7.94. The summed E-state index contributed by atoms with van der Waals surface area (Å²) in [6.45, 7) is 0. The molecule has 1 aromatic heterocycles. The highest BCUT2D eigenvalue weighted by atomic mass is 35.5. The predicted octanol–water partition coefficient (Wildman–Crippen LogP) is 7.03. The average Bonchev–Trinajstić information content (AvgIpc) is 2.48. The fourth-order valence-electron chi connectivity index (χ4n) is 2.18. The molecule has 0 aliphatic rings. The highest BCUT2D eigenvalue weighted by Crippen LogP contribution is 2.36. The molecule has 110 valence electrons. The summed E-state index contributed by atoms with van der Waals surface area (Å²) >= 11 is 24.3. The summed E-state index contributed by atoms with van der Waals surface area (Å²) in [6, 6.07) is 16.5. The zero-order valence-corrected chi connectivity index (χ0v) is 14.2. The Balaban J connectivity index is 2.22. The first kappa shape index (κ1) is 15.6. The Bertz CT molecular complexity index is 829. The molecule has 1 heterocycles. The van der Waals surface area contributed by atoms with Gasteiger partial charge in [0.25, 0.3) is 0 Å². The lowest BCUT2D eigenvalue weighted by Crippen LogP contribution is -1.91. The van der Waals surface area contributed by atoms with Gasteiger partial charge in [0.15, 0.2) is 0 Å². The minimum absolute atomic E-state index is 0.402. The maximum atomic E-state index is 6.31. The summed E-state index contributed by atoms with van der Waals surface area (Å²) in [7, 11) is 0. The Kier molecular flexibility index (Phi) is 4.60. The number of hydrogen-bond acceptors (Lipinski definition) is 1. The van der Waals surface area contributed by atoms with Gasteiger partial charge in [-0.1, -0.05) is 58.5 Å². The summed E-state index contributed by atoms with van der Waals surface area (Å²) in [5, 5.41) is 2.18. The van der Waals surface area contributed by atoms with Gasteiger partial charge in [-0.25, -0.2) is 4.98 Å². The Morgan fingerprint density at radius 1 is 0.636 bits per heavy atom. The maximum absolute atomic E-state index is 6.31. The molecular weight excluding hydrogens is 360 g/mol. The van der Waals surface area contributed by atoms with Gasteiger partial charge >= 0.3 is 0 Å². The van der Waals surface area contributed by atoms with Crippen LogP contribution in [0.25, 0.3) is 22.4 Å². The first-order valence-electron chi connectivity index (χ1n) is 6.42. The number of nitrogens with zero attached hydrogens (tertiary/aromatic N) is 1. The Morgan fingerprint density at radius 2 is 1.27 bits per heavy atom. The molecule has 0 saturated heterocycles. The van der Waals surface area contributed by atoms with E-state index >= 15 is 0 Å². The third-order valence-electron chi connectivity index (χ3n) is 3.20. The van der Waals surface area contributed by atoms with E-state index in [0.717, 1.165) is 16.7 Å². The van der Waals surface area contributed by atoms with Crippen LogP contribution >= 0.6 is 46.4 Å². The van der Waals surface area contributed by atoms with Gasteiger partial charge in [0, 0.05) is 21.2 Å². The highest BCUT2D eigenvalue weighted by Gasteiger charge is 2.13. The fourth-order valence-corrected chi connectivity index (χ4v) is 2.96. The van der Waals surface area contributed by atoms with E-state index < -0.39 is 0 Å². The van der Waals surface area contributed by atoms with Crippen molar-refractivity contribution in [1.82, 2.24) is 4.98 Å². The summed E-state index contributed by atoms with van der Waals surface area (Å²) in [5.74, 6) is 0. The number of aromatic nitrogens is 1. The smallest absolute Gasteiger partial charge is 0.129 e. The van der Waals surface area contributed by atoms with Crippen LogP contribution in [0.3, 0.4) is 0 Å². The van der Waals surface area contributed by atoms with Crippen molar-refractivity contribution >= 4 is 46.4 Å². The van der Waals surface area contributed by atoms with Crippen molar-refractivity contribution in [3.8, 4) is 22.4 Å². The Labute approximate surface area is 148 Å². The third-order valence-corrected chi connectivity index (χ3v) is 4.21. The minimum Gasteiger partial charge on any atom is -0.235 e. The molecule has 0 fully saturated rings. The largest absolute Gasteiger partial charge is 0.235 e. The van der Waals surface area contributed by atoms with Crippen LogP contribution in [0.5, 0.6) is 0 Å². The van der Waals surface area contributed by atoms with Crippen molar-refractivity contribution in [3.05, 3.63) is 74.8 Å². The van der Waals surface area contributed by atoms with Gasteiger partial charge in [-0.15, -0.1) is 0 Å².